The van der Waals surface area contributed by atoms with Crippen LogP contribution in [0.15, 0.2) is 42.5 Å². The second kappa shape index (κ2) is 6.64. The number of carbonyl (C=O) groups is 2. The number of ether oxygens (including phenoxy) is 2. The molecular weight excluding hydrogens is 348 g/mol. The lowest BCUT2D eigenvalue weighted by Crippen LogP contribution is -2.23. The van der Waals surface area contributed by atoms with Gasteiger partial charge in [0.2, 0.25) is 17.8 Å². The summed E-state index contributed by atoms with van der Waals surface area (Å²) in [6, 6.07) is 11.9. The van der Waals surface area contributed by atoms with Crippen LogP contribution in [0.2, 0.25) is 0 Å². The highest BCUT2D eigenvalue weighted by Gasteiger charge is 2.34. The summed E-state index contributed by atoms with van der Waals surface area (Å²) in [6.45, 7) is 0. The van der Waals surface area contributed by atoms with Crippen LogP contribution in [0.3, 0.4) is 0 Å². The van der Waals surface area contributed by atoms with Crippen LogP contribution in [0.25, 0.3) is 11.0 Å². The summed E-state index contributed by atoms with van der Waals surface area (Å²) in [5.41, 5.74) is 2.06. The first kappa shape index (κ1) is 16.9. The Morgan fingerprint density at radius 3 is 2.81 bits per heavy atom. The summed E-state index contributed by atoms with van der Waals surface area (Å²) < 4.78 is 12.2. The number of rotatable bonds is 5. The smallest absolute Gasteiger partial charge is 0.250 e. The van der Waals surface area contributed by atoms with Crippen LogP contribution < -0.4 is 20.1 Å². The third kappa shape index (κ3) is 2.95. The largest absolute Gasteiger partial charge is 0.497 e. The summed E-state index contributed by atoms with van der Waals surface area (Å²) in [5.74, 6) is 0.989. The van der Waals surface area contributed by atoms with Crippen LogP contribution in [0, 0.1) is 0 Å². The molecule has 2 amide bonds. The average molecular weight is 366 g/mol. The van der Waals surface area contributed by atoms with E-state index < -0.39 is 6.04 Å². The molecule has 1 aliphatic heterocycles. The Morgan fingerprint density at radius 1 is 1.22 bits per heavy atom. The van der Waals surface area contributed by atoms with Gasteiger partial charge in [0.05, 0.1) is 37.4 Å². The molecule has 1 aromatic heterocycles. The van der Waals surface area contributed by atoms with Crippen LogP contribution in [-0.2, 0) is 9.59 Å². The minimum absolute atomic E-state index is 0.0282. The third-order valence-electron chi connectivity index (χ3n) is 4.50. The Hall–Kier alpha value is -3.55. The molecule has 0 fully saturated rings. The van der Waals surface area contributed by atoms with E-state index in [9.17, 15) is 9.59 Å². The van der Waals surface area contributed by atoms with Gasteiger partial charge in [-0.05, 0) is 24.3 Å². The average Bonchev–Trinajstić information content (AvgIpc) is 3.17. The van der Waals surface area contributed by atoms with Crippen molar-refractivity contribution in [3.63, 3.8) is 0 Å². The lowest BCUT2D eigenvalue weighted by atomic mass is 10.1. The highest BCUT2D eigenvalue weighted by Crippen LogP contribution is 2.33. The normalized spacial score (nSPS) is 15.3. The van der Waals surface area contributed by atoms with Gasteiger partial charge in [-0.2, -0.15) is 0 Å². The molecule has 3 aromatic rings. The number of anilines is 2. The van der Waals surface area contributed by atoms with Crippen LogP contribution in [0.5, 0.6) is 11.5 Å². The number of amides is 2. The van der Waals surface area contributed by atoms with Crippen molar-refractivity contribution < 1.29 is 19.1 Å². The van der Waals surface area contributed by atoms with Gasteiger partial charge in [0.15, 0.2) is 0 Å². The number of methoxy groups -OCH3 is 2. The van der Waals surface area contributed by atoms with Gasteiger partial charge in [-0.1, -0.05) is 12.1 Å². The number of hydrogen-bond donors (Lipinski definition) is 2. The molecule has 0 saturated heterocycles. The van der Waals surface area contributed by atoms with Gasteiger partial charge in [-0.25, -0.2) is 4.98 Å². The van der Waals surface area contributed by atoms with E-state index in [1.54, 1.807) is 29.9 Å². The monoisotopic (exact) mass is 366 g/mol. The maximum Gasteiger partial charge on any atom is 0.250 e. The van der Waals surface area contributed by atoms with Crippen LogP contribution in [0.4, 0.5) is 11.6 Å². The zero-order valence-corrected chi connectivity index (χ0v) is 14.9. The van der Waals surface area contributed by atoms with Crippen LogP contribution in [-0.4, -0.2) is 35.6 Å². The van der Waals surface area contributed by atoms with E-state index in [2.05, 4.69) is 15.6 Å². The number of fused-ring (bicyclic) bond motifs is 3. The molecule has 2 heterocycles. The number of benzene rings is 2. The lowest BCUT2D eigenvalue weighted by Gasteiger charge is -2.14. The van der Waals surface area contributed by atoms with Crippen molar-refractivity contribution in [2.45, 2.75) is 12.5 Å². The van der Waals surface area contributed by atoms with Gasteiger partial charge in [-0.3, -0.25) is 19.5 Å². The van der Waals surface area contributed by atoms with Crippen molar-refractivity contribution in [1.29, 1.82) is 0 Å². The SMILES string of the molecule is COc1ccc(OC)c(NC(=O)C[C@@H]2C(=O)Nc3nc4ccccc4n32)c1. The van der Waals surface area contributed by atoms with E-state index in [1.165, 1.54) is 7.11 Å². The molecule has 8 heteroatoms. The van der Waals surface area contributed by atoms with Gasteiger partial charge in [0.1, 0.15) is 17.5 Å². The van der Waals surface area contributed by atoms with E-state index in [1.807, 2.05) is 24.3 Å². The van der Waals surface area contributed by atoms with Crippen molar-refractivity contribution >= 4 is 34.5 Å². The molecule has 0 aliphatic carbocycles. The van der Waals surface area contributed by atoms with E-state index in [-0.39, 0.29) is 18.2 Å². The molecule has 27 heavy (non-hydrogen) atoms. The maximum atomic E-state index is 12.6. The fraction of sp³-hybridized carbons (Fsp3) is 0.211. The van der Waals surface area contributed by atoms with Gasteiger partial charge in [0, 0.05) is 6.07 Å². The van der Waals surface area contributed by atoms with E-state index in [4.69, 9.17) is 9.47 Å². The standard InChI is InChI=1S/C19H18N4O4/c1-26-11-7-8-16(27-2)13(9-11)20-17(24)10-15-18(25)22-19-21-12-5-3-4-6-14(12)23(15)19/h3-9,15H,10H2,1-2H3,(H,20,24)(H,21,22,25)/t15-/m1/s1. The van der Waals surface area contributed by atoms with Crippen molar-refractivity contribution in [3.8, 4) is 11.5 Å². The van der Waals surface area contributed by atoms with E-state index >= 15 is 0 Å². The molecule has 1 atom stereocenters. The van der Waals surface area contributed by atoms with Crippen molar-refractivity contribution in [1.82, 2.24) is 9.55 Å². The van der Waals surface area contributed by atoms with E-state index in [0.29, 0.717) is 23.1 Å². The number of nitrogens with zero attached hydrogens (tertiary/aromatic N) is 2. The second-order valence-electron chi connectivity index (χ2n) is 6.12. The van der Waals surface area contributed by atoms with Crippen LogP contribution in [0.1, 0.15) is 12.5 Å². The summed E-state index contributed by atoms with van der Waals surface area (Å²) >= 11 is 0. The molecule has 8 nitrogen and oxygen atoms in total. The molecule has 138 valence electrons. The molecule has 2 aromatic carbocycles. The highest BCUT2D eigenvalue weighted by molar-refractivity contribution is 6.03. The summed E-state index contributed by atoms with van der Waals surface area (Å²) in [7, 11) is 3.06. The number of imidazole rings is 1. The first-order chi connectivity index (χ1) is 13.1. The molecule has 2 N–H and O–H groups in total. The predicted octanol–water partition coefficient (Wildman–Crippen LogP) is 2.58. The van der Waals surface area contributed by atoms with E-state index in [0.717, 1.165) is 11.0 Å². The van der Waals surface area contributed by atoms with Crippen molar-refractivity contribution in [2.75, 3.05) is 24.9 Å². The zero-order chi connectivity index (χ0) is 19.0. The van der Waals surface area contributed by atoms with Crippen molar-refractivity contribution in [3.05, 3.63) is 42.5 Å². The number of nitrogens with one attached hydrogen (secondary N) is 2. The first-order valence-corrected chi connectivity index (χ1v) is 8.40. The first-order valence-electron chi connectivity index (χ1n) is 8.40. The minimum Gasteiger partial charge on any atom is -0.497 e. The van der Waals surface area contributed by atoms with Crippen LogP contribution >= 0.6 is 0 Å². The minimum atomic E-state index is -0.663. The second-order valence-corrected chi connectivity index (χ2v) is 6.12. The highest BCUT2D eigenvalue weighted by atomic mass is 16.5. The predicted molar refractivity (Wildman–Crippen MR) is 100 cm³/mol. The molecule has 0 bridgehead atoms. The molecular formula is C19H18N4O4. The van der Waals surface area contributed by atoms with Gasteiger partial charge >= 0.3 is 0 Å². The molecule has 0 spiro atoms. The maximum absolute atomic E-state index is 12.6. The Labute approximate surface area is 155 Å². The summed E-state index contributed by atoms with van der Waals surface area (Å²) in [6.07, 6.45) is -0.0282. The summed E-state index contributed by atoms with van der Waals surface area (Å²) in [5, 5.41) is 5.53. The summed E-state index contributed by atoms with van der Waals surface area (Å²) in [4.78, 5) is 29.4. The topological polar surface area (TPSA) is 94.5 Å². The number of aromatic nitrogens is 2. The zero-order valence-electron chi connectivity index (χ0n) is 14.9. The van der Waals surface area contributed by atoms with Crippen molar-refractivity contribution in [2.24, 2.45) is 0 Å². The molecule has 0 unspecified atom stereocenters. The number of hydrogen-bond acceptors (Lipinski definition) is 5. The lowest BCUT2D eigenvalue weighted by molar-refractivity contribution is -0.123. The Balaban J connectivity index is 1.59. The van der Waals surface area contributed by atoms with Gasteiger partial charge in [-0.15, -0.1) is 0 Å². The molecule has 1 aliphatic rings. The Morgan fingerprint density at radius 2 is 2.04 bits per heavy atom. The fourth-order valence-electron chi connectivity index (χ4n) is 3.23. The molecule has 4 rings (SSSR count). The van der Waals surface area contributed by atoms with Gasteiger partial charge in [0.25, 0.3) is 0 Å². The fourth-order valence-corrected chi connectivity index (χ4v) is 3.23. The molecule has 0 saturated carbocycles. The number of carbonyl (C=O) groups excluding carboxylic acids is 2. The Bertz CT molecular complexity index is 1040. The number of para-hydroxylation sites is 2. The quantitative estimate of drug-likeness (QED) is 0.724. The van der Waals surface area contributed by atoms with Gasteiger partial charge < -0.3 is 14.8 Å². The third-order valence-corrected chi connectivity index (χ3v) is 4.50. The Kier molecular flexibility index (Phi) is 4.15. The molecule has 0 radical (unpaired) electrons.